The minimum Gasteiger partial charge on any atom is -0.395 e. The minimum absolute atomic E-state index is 0.0385. The molecule has 0 bridgehead atoms. The first kappa shape index (κ1) is 13.9. The van der Waals surface area contributed by atoms with Crippen LogP contribution in [0.2, 0.25) is 0 Å². The van der Waals surface area contributed by atoms with Crippen molar-refractivity contribution in [2.45, 2.75) is 13.3 Å². The molecule has 96 valence electrons. The zero-order chi connectivity index (χ0) is 13.5. The predicted molar refractivity (Wildman–Crippen MR) is 67.4 cm³/mol. The molecule has 0 unspecified atom stereocenters. The number of nitro benzene ring substituents is 1. The van der Waals surface area contributed by atoms with Crippen LogP contribution in [0.3, 0.4) is 0 Å². The highest BCUT2D eigenvalue weighted by molar-refractivity contribution is 5.69. The summed E-state index contributed by atoms with van der Waals surface area (Å²) in [5.74, 6) is 0. The third kappa shape index (κ3) is 2.96. The molecular weight excluding hydrogens is 234 g/mol. The average molecular weight is 249 g/mol. The molecule has 18 heavy (non-hydrogen) atoms. The Morgan fingerprint density at radius 2 is 2.22 bits per heavy atom. The summed E-state index contributed by atoms with van der Waals surface area (Å²) in [7, 11) is 0. The molecule has 0 saturated carbocycles. The standard InChI is InChI=1S/C12H15N3O3/c1-2-6-14(7-8-16)11-5-3-4-10(9-13)12(11)15(17)18/h3-5,16H,2,6-8H2,1H3. The highest BCUT2D eigenvalue weighted by atomic mass is 16.6. The van der Waals surface area contributed by atoms with Gasteiger partial charge in [-0.15, -0.1) is 0 Å². The van der Waals surface area contributed by atoms with Gasteiger partial charge in [0.05, 0.1) is 11.5 Å². The van der Waals surface area contributed by atoms with Crippen molar-refractivity contribution in [2.24, 2.45) is 0 Å². The number of benzene rings is 1. The van der Waals surface area contributed by atoms with E-state index in [2.05, 4.69) is 0 Å². The number of hydrogen-bond donors (Lipinski definition) is 1. The lowest BCUT2D eigenvalue weighted by atomic mass is 10.1. The fourth-order valence-corrected chi connectivity index (χ4v) is 1.81. The summed E-state index contributed by atoms with van der Waals surface area (Å²) in [6, 6.07) is 6.46. The van der Waals surface area contributed by atoms with E-state index in [0.29, 0.717) is 18.8 Å². The van der Waals surface area contributed by atoms with E-state index < -0.39 is 4.92 Å². The van der Waals surface area contributed by atoms with Gasteiger partial charge in [-0.25, -0.2) is 0 Å². The van der Waals surface area contributed by atoms with Gasteiger partial charge in [0.2, 0.25) is 0 Å². The number of anilines is 1. The fraction of sp³-hybridized carbons (Fsp3) is 0.417. The first-order valence-corrected chi connectivity index (χ1v) is 5.69. The Hall–Kier alpha value is -2.13. The summed E-state index contributed by atoms with van der Waals surface area (Å²) < 4.78 is 0. The minimum atomic E-state index is -0.548. The van der Waals surface area contributed by atoms with E-state index in [1.165, 1.54) is 6.07 Å². The maximum atomic E-state index is 11.1. The highest BCUT2D eigenvalue weighted by Crippen LogP contribution is 2.31. The molecule has 0 heterocycles. The Morgan fingerprint density at radius 1 is 1.50 bits per heavy atom. The van der Waals surface area contributed by atoms with E-state index in [4.69, 9.17) is 10.4 Å². The van der Waals surface area contributed by atoms with Gasteiger partial charge >= 0.3 is 5.69 Å². The lowest BCUT2D eigenvalue weighted by Crippen LogP contribution is -2.28. The van der Waals surface area contributed by atoms with Gasteiger partial charge in [-0.1, -0.05) is 13.0 Å². The van der Waals surface area contributed by atoms with Gasteiger partial charge < -0.3 is 10.0 Å². The molecular formula is C12H15N3O3. The lowest BCUT2D eigenvalue weighted by molar-refractivity contribution is -0.384. The molecule has 1 rings (SSSR count). The summed E-state index contributed by atoms with van der Waals surface area (Å²) in [5, 5.41) is 29.0. The Balaban J connectivity index is 3.28. The first-order valence-electron chi connectivity index (χ1n) is 5.69. The summed E-state index contributed by atoms with van der Waals surface area (Å²) >= 11 is 0. The SMILES string of the molecule is CCCN(CCO)c1cccc(C#N)c1[N+](=O)[O-]. The van der Waals surface area contributed by atoms with Gasteiger partial charge in [0.15, 0.2) is 0 Å². The van der Waals surface area contributed by atoms with Crippen molar-refractivity contribution in [1.29, 1.82) is 5.26 Å². The molecule has 0 fully saturated rings. The maximum Gasteiger partial charge on any atom is 0.310 e. The number of nitriles is 1. The number of rotatable bonds is 6. The first-order chi connectivity index (χ1) is 8.65. The molecule has 1 aromatic carbocycles. The van der Waals surface area contributed by atoms with E-state index in [9.17, 15) is 10.1 Å². The van der Waals surface area contributed by atoms with Crippen LogP contribution in [0.4, 0.5) is 11.4 Å². The molecule has 0 aliphatic carbocycles. The third-order valence-electron chi connectivity index (χ3n) is 2.52. The molecule has 6 heteroatoms. The predicted octanol–water partition coefficient (Wildman–Crippen LogP) is 1.68. The second kappa shape index (κ2) is 6.57. The molecule has 0 atom stereocenters. The van der Waals surface area contributed by atoms with Crippen molar-refractivity contribution in [3.05, 3.63) is 33.9 Å². The number of nitrogens with zero attached hydrogens (tertiary/aromatic N) is 3. The lowest BCUT2D eigenvalue weighted by Gasteiger charge is -2.23. The van der Waals surface area contributed by atoms with E-state index in [1.54, 1.807) is 17.0 Å². The van der Waals surface area contributed by atoms with Crippen LogP contribution in [0.25, 0.3) is 0 Å². The molecule has 0 amide bonds. The molecule has 0 spiro atoms. The normalized spacial score (nSPS) is 9.83. The third-order valence-corrected chi connectivity index (χ3v) is 2.52. The summed E-state index contributed by atoms with van der Waals surface area (Å²) in [5.41, 5.74) is 0.230. The topological polar surface area (TPSA) is 90.4 Å². The zero-order valence-corrected chi connectivity index (χ0v) is 10.2. The molecule has 1 N–H and O–H groups in total. The van der Waals surface area contributed by atoms with Crippen molar-refractivity contribution in [2.75, 3.05) is 24.6 Å². The zero-order valence-electron chi connectivity index (χ0n) is 10.2. The van der Waals surface area contributed by atoms with Crippen LogP contribution in [0.1, 0.15) is 18.9 Å². The second-order valence-corrected chi connectivity index (χ2v) is 3.75. The Morgan fingerprint density at radius 3 is 2.72 bits per heavy atom. The van der Waals surface area contributed by atoms with Crippen molar-refractivity contribution in [3.63, 3.8) is 0 Å². The quantitative estimate of drug-likeness (QED) is 0.611. The summed E-state index contributed by atoms with van der Waals surface area (Å²) in [6.45, 7) is 2.76. The van der Waals surface area contributed by atoms with Crippen molar-refractivity contribution in [1.82, 2.24) is 0 Å². The Kier molecular flexibility index (Phi) is 5.08. The number of aliphatic hydroxyl groups excluding tert-OH is 1. The highest BCUT2D eigenvalue weighted by Gasteiger charge is 2.23. The van der Waals surface area contributed by atoms with Crippen molar-refractivity contribution in [3.8, 4) is 6.07 Å². The Labute approximate surface area is 105 Å². The van der Waals surface area contributed by atoms with Crippen molar-refractivity contribution >= 4 is 11.4 Å². The van der Waals surface area contributed by atoms with Crippen LogP contribution in [0.15, 0.2) is 18.2 Å². The largest absolute Gasteiger partial charge is 0.395 e. The van der Waals surface area contributed by atoms with Crippen LogP contribution in [0, 0.1) is 21.4 Å². The van der Waals surface area contributed by atoms with Crippen LogP contribution < -0.4 is 4.90 Å². The van der Waals surface area contributed by atoms with Crippen LogP contribution >= 0.6 is 0 Å². The second-order valence-electron chi connectivity index (χ2n) is 3.75. The molecule has 0 aliphatic heterocycles. The number of hydrogen-bond acceptors (Lipinski definition) is 5. The maximum absolute atomic E-state index is 11.1. The molecule has 0 saturated heterocycles. The van der Waals surface area contributed by atoms with Crippen LogP contribution in [0.5, 0.6) is 0 Å². The van der Waals surface area contributed by atoms with Gasteiger partial charge in [0.1, 0.15) is 17.3 Å². The molecule has 0 aliphatic rings. The van der Waals surface area contributed by atoms with Gasteiger partial charge in [-0.2, -0.15) is 5.26 Å². The van der Waals surface area contributed by atoms with Crippen LogP contribution in [-0.2, 0) is 0 Å². The van der Waals surface area contributed by atoms with E-state index in [-0.39, 0.29) is 17.9 Å². The fourth-order valence-electron chi connectivity index (χ4n) is 1.81. The van der Waals surface area contributed by atoms with E-state index >= 15 is 0 Å². The summed E-state index contributed by atoms with van der Waals surface area (Å²) in [6.07, 6.45) is 0.800. The molecule has 0 radical (unpaired) electrons. The number of para-hydroxylation sites is 1. The number of nitro groups is 1. The smallest absolute Gasteiger partial charge is 0.310 e. The molecule has 1 aromatic rings. The van der Waals surface area contributed by atoms with Gasteiger partial charge in [0, 0.05) is 13.1 Å². The average Bonchev–Trinajstić information content (AvgIpc) is 2.37. The van der Waals surface area contributed by atoms with Gasteiger partial charge in [-0.05, 0) is 18.6 Å². The van der Waals surface area contributed by atoms with E-state index in [0.717, 1.165) is 6.42 Å². The molecule has 0 aromatic heterocycles. The Bertz CT molecular complexity index is 462. The monoisotopic (exact) mass is 249 g/mol. The van der Waals surface area contributed by atoms with Gasteiger partial charge in [0.25, 0.3) is 0 Å². The van der Waals surface area contributed by atoms with Gasteiger partial charge in [-0.3, -0.25) is 10.1 Å². The van der Waals surface area contributed by atoms with Crippen molar-refractivity contribution < 1.29 is 10.0 Å². The van der Waals surface area contributed by atoms with E-state index in [1.807, 2.05) is 13.0 Å². The molecule has 6 nitrogen and oxygen atoms in total. The summed E-state index contributed by atoms with van der Waals surface area (Å²) in [4.78, 5) is 12.3. The van der Waals surface area contributed by atoms with Crippen LogP contribution in [-0.4, -0.2) is 29.7 Å². The number of aliphatic hydroxyl groups is 1.